The summed E-state index contributed by atoms with van der Waals surface area (Å²) in [5.74, 6) is 0.545. The molecule has 2 heterocycles. The number of hydrogen-bond donors (Lipinski definition) is 0. The third-order valence-electron chi connectivity index (χ3n) is 1.84. The van der Waals surface area contributed by atoms with Crippen LogP contribution >= 0.6 is 11.6 Å². The maximum atomic E-state index is 5.99. The van der Waals surface area contributed by atoms with Crippen molar-refractivity contribution in [2.75, 3.05) is 0 Å². The van der Waals surface area contributed by atoms with Gasteiger partial charge in [-0.1, -0.05) is 11.6 Å². The molecule has 0 radical (unpaired) electrons. The van der Waals surface area contributed by atoms with E-state index in [0.717, 1.165) is 11.3 Å². The Hall–Kier alpha value is -1.16. The van der Waals surface area contributed by atoms with Crippen molar-refractivity contribution in [1.29, 1.82) is 0 Å². The van der Waals surface area contributed by atoms with Crippen molar-refractivity contribution < 1.29 is 0 Å². The van der Waals surface area contributed by atoms with E-state index in [4.69, 9.17) is 11.6 Å². The fourth-order valence-electron chi connectivity index (χ4n) is 0.992. The minimum Gasteiger partial charge on any atom is -0.216 e. The number of aromatic nitrogens is 4. The van der Waals surface area contributed by atoms with Gasteiger partial charge in [0.25, 0.3) is 5.78 Å². The van der Waals surface area contributed by atoms with Gasteiger partial charge in [-0.3, -0.25) is 0 Å². The molecule has 2 aromatic rings. The van der Waals surface area contributed by atoms with Gasteiger partial charge in [0.1, 0.15) is 11.5 Å². The van der Waals surface area contributed by atoms with Crippen molar-refractivity contribution in [3.63, 3.8) is 0 Å². The predicted octanol–water partition coefficient (Wildman–Crippen LogP) is 1.39. The molecule has 0 fully saturated rings. The van der Waals surface area contributed by atoms with Crippen LogP contribution in [0.4, 0.5) is 0 Å². The second kappa shape index (κ2) is 2.42. The van der Waals surface area contributed by atoms with Crippen LogP contribution in [-0.2, 0) is 0 Å². The van der Waals surface area contributed by atoms with Gasteiger partial charge in [-0.15, -0.1) is 0 Å². The van der Waals surface area contributed by atoms with Gasteiger partial charge in [0.2, 0.25) is 0 Å². The molecule has 0 spiro atoms. The first-order chi connectivity index (χ1) is 5.70. The summed E-state index contributed by atoms with van der Waals surface area (Å²) in [6.45, 7) is 3.81. The van der Waals surface area contributed by atoms with Crippen LogP contribution < -0.4 is 0 Å². The summed E-state index contributed by atoms with van der Waals surface area (Å²) < 4.78 is 1.52. The van der Waals surface area contributed by atoms with E-state index in [0.29, 0.717) is 10.9 Å². The first-order valence-corrected chi connectivity index (χ1v) is 3.90. The number of aryl methyl sites for hydroxylation is 1. The zero-order chi connectivity index (χ0) is 8.72. The third kappa shape index (κ3) is 0.881. The average Bonchev–Trinajstić information content (AvgIpc) is 2.48. The van der Waals surface area contributed by atoms with Crippen LogP contribution in [0.2, 0.25) is 5.15 Å². The van der Waals surface area contributed by atoms with Crippen LogP contribution in [0, 0.1) is 13.8 Å². The average molecular weight is 183 g/mol. The Morgan fingerprint density at radius 3 is 2.92 bits per heavy atom. The molecule has 0 saturated heterocycles. The van der Waals surface area contributed by atoms with E-state index in [1.54, 1.807) is 0 Å². The quantitative estimate of drug-likeness (QED) is 0.579. The van der Waals surface area contributed by atoms with Crippen LogP contribution in [0.5, 0.6) is 0 Å². The van der Waals surface area contributed by atoms with E-state index in [9.17, 15) is 0 Å². The summed E-state index contributed by atoms with van der Waals surface area (Å²) in [7, 11) is 0. The van der Waals surface area contributed by atoms with E-state index in [1.807, 2.05) is 13.8 Å². The molecule has 0 aromatic carbocycles. The SMILES string of the molecule is Cc1nc2ncnn2c(Cl)c1C. The Morgan fingerprint density at radius 2 is 2.17 bits per heavy atom. The number of fused-ring (bicyclic) bond motifs is 1. The number of halogens is 1. The second-order valence-corrected chi connectivity index (χ2v) is 2.94. The molecule has 0 N–H and O–H groups in total. The topological polar surface area (TPSA) is 43.1 Å². The third-order valence-corrected chi connectivity index (χ3v) is 2.28. The lowest BCUT2D eigenvalue weighted by Gasteiger charge is -2.02. The lowest BCUT2D eigenvalue weighted by atomic mass is 10.3. The van der Waals surface area contributed by atoms with Gasteiger partial charge < -0.3 is 0 Å². The van der Waals surface area contributed by atoms with Gasteiger partial charge in [0.05, 0.1) is 0 Å². The fourth-order valence-corrected chi connectivity index (χ4v) is 1.25. The molecular weight excluding hydrogens is 176 g/mol. The van der Waals surface area contributed by atoms with Crippen LogP contribution in [0.3, 0.4) is 0 Å². The largest absolute Gasteiger partial charge is 0.253 e. The van der Waals surface area contributed by atoms with Crippen LogP contribution in [0.15, 0.2) is 6.33 Å². The first-order valence-electron chi connectivity index (χ1n) is 3.52. The highest BCUT2D eigenvalue weighted by atomic mass is 35.5. The lowest BCUT2D eigenvalue weighted by Crippen LogP contribution is -1.98. The Labute approximate surface area is 74.2 Å². The first kappa shape index (κ1) is 7.49. The van der Waals surface area contributed by atoms with Gasteiger partial charge in [0.15, 0.2) is 0 Å². The van der Waals surface area contributed by atoms with E-state index in [1.165, 1.54) is 10.8 Å². The molecular formula is C7H7ClN4. The molecule has 0 aliphatic rings. The van der Waals surface area contributed by atoms with Gasteiger partial charge in [-0.05, 0) is 13.8 Å². The molecule has 0 unspecified atom stereocenters. The van der Waals surface area contributed by atoms with Gasteiger partial charge in [-0.25, -0.2) is 4.98 Å². The molecule has 4 nitrogen and oxygen atoms in total. The minimum atomic E-state index is 0.545. The number of rotatable bonds is 0. The summed E-state index contributed by atoms with van der Waals surface area (Å²) in [4.78, 5) is 8.14. The van der Waals surface area contributed by atoms with E-state index in [-0.39, 0.29) is 0 Å². The Bertz CT molecular complexity index is 434. The maximum Gasteiger partial charge on any atom is 0.253 e. The van der Waals surface area contributed by atoms with Gasteiger partial charge in [-0.2, -0.15) is 14.6 Å². The summed E-state index contributed by atoms with van der Waals surface area (Å²) >= 11 is 5.99. The predicted molar refractivity (Wildman–Crippen MR) is 45.3 cm³/mol. The van der Waals surface area contributed by atoms with Crippen LogP contribution in [-0.4, -0.2) is 19.6 Å². The molecule has 5 heteroatoms. The smallest absolute Gasteiger partial charge is 0.216 e. The van der Waals surface area contributed by atoms with Crippen LogP contribution in [0.25, 0.3) is 5.78 Å². The second-order valence-electron chi connectivity index (χ2n) is 2.58. The van der Waals surface area contributed by atoms with Crippen molar-refractivity contribution in [2.24, 2.45) is 0 Å². The van der Waals surface area contributed by atoms with Crippen molar-refractivity contribution in [2.45, 2.75) is 13.8 Å². The van der Waals surface area contributed by atoms with Gasteiger partial charge in [0, 0.05) is 11.3 Å². The molecule has 0 amide bonds. The van der Waals surface area contributed by atoms with Crippen molar-refractivity contribution >= 4 is 17.4 Å². The number of hydrogen-bond acceptors (Lipinski definition) is 3. The molecule has 0 saturated carbocycles. The highest BCUT2D eigenvalue weighted by Crippen LogP contribution is 2.16. The molecule has 2 rings (SSSR count). The monoisotopic (exact) mass is 182 g/mol. The minimum absolute atomic E-state index is 0.545. The van der Waals surface area contributed by atoms with E-state index >= 15 is 0 Å². The summed E-state index contributed by atoms with van der Waals surface area (Å²) in [6.07, 6.45) is 1.44. The standard InChI is InChI=1S/C7H7ClN4/c1-4-5(2)11-7-9-3-10-12(7)6(4)8/h3H,1-2H3. The molecule has 0 aliphatic heterocycles. The summed E-state index contributed by atoms with van der Waals surface area (Å²) in [5.41, 5.74) is 1.83. The Morgan fingerprint density at radius 1 is 1.42 bits per heavy atom. The highest BCUT2D eigenvalue weighted by molar-refractivity contribution is 6.30. The summed E-state index contributed by atoms with van der Waals surface area (Å²) in [6, 6.07) is 0. The molecule has 0 atom stereocenters. The normalized spacial score (nSPS) is 10.9. The van der Waals surface area contributed by atoms with Crippen molar-refractivity contribution in [1.82, 2.24) is 19.6 Å². The van der Waals surface area contributed by atoms with E-state index in [2.05, 4.69) is 15.1 Å². The zero-order valence-corrected chi connectivity index (χ0v) is 7.50. The molecule has 0 bridgehead atoms. The van der Waals surface area contributed by atoms with Crippen LogP contribution in [0.1, 0.15) is 11.3 Å². The zero-order valence-electron chi connectivity index (χ0n) is 6.74. The maximum absolute atomic E-state index is 5.99. The number of nitrogens with zero attached hydrogens (tertiary/aromatic N) is 4. The molecule has 12 heavy (non-hydrogen) atoms. The molecule has 62 valence electrons. The van der Waals surface area contributed by atoms with E-state index < -0.39 is 0 Å². The summed E-state index contributed by atoms with van der Waals surface area (Å²) in [5, 5.41) is 4.51. The van der Waals surface area contributed by atoms with Crippen molar-refractivity contribution in [3.8, 4) is 0 Å². The van der Waals surface area contributed by atoms with Crippen molar-refractivity contribution in [3.05, 3.63) is 22.7 Å². The Kier molecular flexibility index (Phi) is 1.51. The lowest BCUT2D eigenvalue weighted by molar-refractivity contribution is 0.915. The molecule has 0 aliphatic carbocycles. The molecule has 2 aromatic heterocycles. The highest BCUT2D eigenvalue weighted by Gasteiger charge is 2.07. The Balaban J connectivity index is 2.94. The van der Waals surface area contributed by atoms with Gasteiger partial charge >= 0.3 is 0 Å². The fraction of sp³-hybridized carbons (Fsp3) is 0.286.